The molecule has 0 atom stereocenters. The number of nitrogens with one attached hydrogen (secondary N) is 1. The second-order valence-electron chi connectivity index (χ2n) is 11.1. The Morgan fingerprint density at radius 3 is 2.14 bits per heavy atom. The molecule has 0 radical (unpaired) electrons. The Bertz CT molecular complexity index is 1430. The highest BCUT2D eigenvalue weighted by atomic mass is 32.2. The van der Waals surface area contributed by atoms with E-state index in [4.69, 9.17) is 5.26 Å². The van der Waals surface area contributed by atoms with Crippen molar-refractivity contribution in [2.45, 2.75) is 56.7 Å². The molecule has 1 aromatic heterocycles. The second kappa shape index (κ2) is 12.7. The van der Waals surface area contributed by atoms with E-state index in [1.165, 1.54) is 18.6 Å². The standard InChI is InChI=1S/C20H18F3N3OS.C11H16N2O/c21-20(22,23)17-3-7-19(8-4-17)26-14-16(13-24-26)15-1-5-18(6-2-15)25-9-11-28(27)12-10-25;12-8-11(6-7-11)13-10(14)9-4-2-1-3-5-9/h1-8,13-14H,9-12H2;9H,1-7H2,(H,13,14). The number of halogens is 3. The second-order valence-corrected chi connectivity index (χ2v) is 12.8. The SMILES string of the molecule is N#CC1(NC(=O)C2CCCCC2)CC1.O=S1CCN(c2ccc(-c3cnn(-c4ccc(C(F)(F)F)cc4)c3)cc2)CC1. The Hall–Kier alpha value is -3.65. The summed E-state index contributed by atoms with van der Waals surface area (Å²) in [4.78, 5) is 14.0. The fraction of sp³-hybridized carbons (Fsp3) is 0.452. The van der Waals surface area contributed by atoms with E-state index in [0.29, 0.717) is 17.2 Å². The molecule has 11 heteroatoms. The lowest BCUT2D eigenvalue weighted by molar-refractivity contribution is -0.137. The van der Waals surface area contributed by atoms with Crippen LogP contribution in [0.25, 0.3) is 16.8 Å². The number of carbonyl (C=O) groups is 1. The van der Waals surface area contributed by atoms with Gasteiger partial charge >= 0.3 is 6.18 Å². The number of aromatic nitrogens is 2. The zero-order valence-electron chi connectivity index (χ0n) is 23.3. The molecule has 2 aliphatic carbocycles. The van der Waals surface area contributed by atoms with Gasteiger partial charge < -0.3 is 10.2 Å². The Balaban J connectivity index is 0.000000211. The van der Waals surface area contributed by atoms with Gasteiger partial charge in [-0.1, -0.05) is 31.4 Å². The van der Waals surface area contributed by atoms with Crippen molar-refractivity contribution >= 4 is 22.4 Å². The third kappa shape index (κ3) is 7.40. The van der Waals surface area contributed by atoms with Crippen molar-refractivity contribution in [2.24, 2.45) is 5.92 Å². The van der Waals surface area contributed by atoms with E-state index in [1.807, 2.05) is 24.3 Å². The Morgan fingerprint density at radius 1 is 0.952 bits per heavy atom. The van der Waals surface area contributed by atoms with Crippen LogP contribution in [0.2, 0.25) is 0 Å². The van der Waals surface area contributed by atoms with Gasteiger partial charge in [0.15, 0.2) is 0 Å². The summed E-state index contributed by atoms with van der Waals surface area (Å²) in [6.45, 7) is 1.58. The molecule has 3 fully saturated rings. The van der Waals surface area contributed by atoms with Crippen molar-refractivity contribution < 1.29 is 22.2 Å². The summed E-state index contributed by atoms with van der Waals surface area (Å²) in [6, 6.07) is 15.2. The smallest absolute Gasteiger partial charge is 0.370 e. The van der Waals surface area contributed by atoms with Crippen LogP contribution >= 0.6 is 0 Å². The summed E-state index contributed by atoms with van der Waals surface area (Å²) in [5.74, 6) is 1.68. The predicted molar refractivity (Wildman–Crippen MR) is 156 cm³/mol. The molecule has 1 saturated heterocycles. The van der Waals surface area contributed by atoms with Crippen LogP contribution in [-0.4, -0.2) is 50.0 Å². The summed E-state index contributed by atoms with van der Waals surface area (Å²) in [7, 11) is -0.706. The van der Waals surface area contributed by atoms with E-state index in [9.17, 15) is 22.2 Å². The lowest BCUT2D eigenvalue weighted by Crippen LogP contribution is -2.40. The quantitative estimate of drug-likeness (QED) is 0.398. The minimum absolute atomic E-state index is 0.115. The number of amides is 1. The molecule has 2 heterocycles. The van der Waals surface area contributed by atoms with Crippen molar-refractivity contribution in [3.8, 4) is 22.9 Å². The average Bonchev–Trinajstić information content (AvgIpc) is 3.61. The van der Waals surface area contributed by atoms with Crippen LogP contribution in [0.3, 0.4) is 0 Å². The van der Waals surface area contributed by atoms with Crippen LogP contribution < -0.4 is 10.2 Å². The van der Waals surface area contributed by atoms with Gasteiger partial charge in [0.25, 0.3) is 0 Å². The maximum Gasteiger partial charge on any atom is 0.416 e. The first-order chi connectivity index (χ1) is 20.2. The molecule has 0 bridgehead atoms. The van der Waals surface area contributed by atoms with Crippen molar-refractivity contribution in [3.63, 3.8) is 0 Å². The van der Waals surface area contributed by atoms with Gasteiger partial charge in [-0.25, -0.2) is 4.68 Å². The number of rotatable bonds is 5. The van der Waals surface area contributed by atoms with Crippen LogP contribution in [0, 0.1) is 17.2 Å². The molecule has 2 saturated carbocycles. The predicted octanol–water partition coefficient (Wildman–Crippen LogP) is 5.87. The summed E-state index contributed by atoms with van der Waals surface area (Å²) in [6.07, 6.45) is 6.41. The Labute approximate surface area is 246 Å². The highest BCUT2D eigenvalue weighted by molar-refractivity contribution is 7.85. The van der Waals surface area contributed by atoms with Crippen molar-refractivity contribution in [1.29, 1.82) is 5.26 Å². The molecule has 222 valence electrons. The first-order valence-corrected chi connectivity index (χ1v) is 15.8. The normalized spacial score (nSPS) is 18.9. The number of hydrogen-bond acceptors (Lipinski definition) is 5. The first-order valence-electron chi connectivity index (χ1n) is 14.3. The fourth-order valence-electron chi connectivity index (χ4n) is 5.27. The van der Waals surface area contributed by atoms with Crippen molar-refractivity contribution in [3.05, 3.63) is 66.5 Å². The molecule has 6 rings (SSSR count). The lowest BCUT2D eigenvalue weighted by atomic mass is 9.88. The zero-order valence-corrected chi connectivity index (χ0v) is 24.1. The van der Waals surface area contributed by atoms with E-state index >= 15 is 0 Å². The maximum atomic E-state index is 12.7. The monoisotopic (exact) mass is 597 g/mol. The zero-order chi connectivity index (χ0) is 29.7. The van der Waals surface area contributed by atoms with Crippen LogP contribution in [-0.2, 0) is 21.8 Å². The van der Waals surface area contributed by atoms with Crippen molar-refractivity contribution in [2.75, 3.05) is 29.5 Å². The number of hydrogen-bond donors (Lipinski definition) is 1. The summed E-state index contributed by atoms with van der Waals surface area (Å²) in [5.41, 5.74) is 2.36. The molecular formula is C31H34F3N5O2S. The van der Waals surface area contributed by atoms with Crippen LogP contribution in [0.5, 0.6) is 0 Å². The highest BCUT2D eigenvalue weighted by Gasteiger charge is 2.45. The van der Waals surface area contributed by atoms with Gasteiger partial charge in [0.2, 0.25) is 5.91 Å². The molecular weight excluding hydrogens is 563 g/mol. The van der Waals surface area contributed by atoms with Crippen LogP contribution in [0.1, 0.15) is 50.5 Å². The van der Waals surface area contributed by atoms with E-state index in [-0.39, 0.29) is 11.8 Å². The van der Waals surface area contributed by atoms with Crippen LogP contribution in [0.4, 0.5) is 18.9 Å². The number of nitriles is 1. The van der Waals surface area contributed by atoms with E-state index < -0.39 is 28.1 Å². The minimum Gasteiger partial charge on any atom is -0.370 e. The van der Waals surface area contributed by atoms with Gasteiger partial charge in [0, 0.05) is 58.8 Å². The topological polar surface area (TPSA) is 91.0 Å². The molecule has 3 aliphatic rings. The molecule has 1 amide bonds. The Kier molecular flexibility index (Phi) is 9.02. The molecule has 1 aliphatic heterocycles. The Morgan fingerprint density at radius 2 is 1.57 bits per heavy atom. The molecule has 2 aromatic carbocycles. The fourth-order valence-corrected chi connectivity index (χ4v) is 6.32. The number of alkyl halides is 3. The average molecular weight is 598 g/mol. The van der Waals surface area contributed by atoms with E-state index in [0.717, 1.165) is 80.6 Å². The number of anilines is 1. The molecule has 1 N–H and O–H groups in total. The highest BCUT2D eigenvalue weighted by Crippen LogP contribution is 2.35. The summed E-state index contributed by atoms with van der Waals surface area (Å²) < 4.78 is 51.1. The third-order valence-corrected chi connectivity index (χ3v) is 9.36. The first kappa shape index (κ1) is 29.8. The number of benzene rings is 2. The number of carbonyl (C=O) groups excluding carboxylic acids is 1. The van der Waals surface area contributed by atoms with Crippen molar-refractivity contribution in [1.82, 2.24) is 15.1 Å². The van der Waals surface area contributed by atoms with Gasteiger partial charge in [-0.15, -0.1) is 0 Å². The largest absolute Gasteiger partial charge is 0.416 e. The van der Waals surface area contributed by atoms with Gasteiger partial charge in [0.1, 0.15) is 5.54 Å². The molecule has 3 aromatic rings. The van der Waals surface area contributed by atoms with Crippen LogP contribution in [0.15, 0.2) is 60.9 Å². The number of nitrogens with zero attached hydrogens (tertiary/aromatic N) is 4. The van der Waals surface area contributed by atoms with Gasteiger partial charge in [-0.05, 0) is 67.6 Å². The molecule has 0 spiro atoms. The van der Waals surface area contributed by atoms with Gasteiger partial charge in [0.05, 0.1) is 23.5 Å². The lowest BCUT2D eigenvalue weighted by Gasteiger charge is -2.28. The van der Waals surface area contributed by atoms with E-state index in [1.54, 1.807) is 17.1 Å². The third-order valence-electron chi connectivity index (χ3n) is 8.09. The molecule has 7 nitrogen and oxygen atoms in total. The van der Waals surface area contributed by atoms with Gasteiger partial charge in [-0.2, -0.15) is 23.5 Å². The van der Waals surface area contributed by atoms with Gasteiger partial charge in [-0.3, -0.25) is 9.00 Å². The summed E-state index contributed by atoms with van der Waals surface area (Å²) >= 11 is 0. The maximum absolute atomic E-state index is 12.7. The van der Waals surface area contributed by atoms with E-state index in [2.05, 4.69) is 21.4 Å². The molecule has 0 unspecified atom stereocenters. The molecule has 42 heavy (non-hydrogen) atoms. The summed E-state index contributed by atoms with van der Waals surface area (Å²) in [5, 5.41) is 16.0. The minimum atomic E-state index is -4.35.